The number of rotatable bonds is 4. The Hall–Kier alpha value is -2.14. The Balaban J connectivity index is 2.36. The molecule has 1 amide bonds. The van der Waals surface area contributed by atoms with Crippen molar-refractivity contribution in [2.75, 3.05) is 5.32 Å². The predicted molar refractivity (Wildman–Crippen MR) is 73.7 cm³/mol. The van der Waals surface area contributed by atoms with E-state index in [1.54, 1.807) is 31.2 Å². The fourth-order valence-electron chi connectivity index (χ4n) is 1.63. The second-order valence-electron chi connectivity index (χ2n) is 4.21. The van der Waals surface area contributed by atoms with Gasteiger partial charge in [0, 0.05) is 23.1 Å². The number of carbonyl (C=O) groups is 1. The van der Waals surface area contributed by atoms with Gasteiger partial charge in [-0.25, -0.2) is 0 Å². The first-order valence-electron chi connectivity index (χ1n) is 5.62. The summed E-state index contributed by atoms with van der Waals surface area (Å²) in [6, 6.07) is 6.98. The molecule has 1 aromatic heterocycles. The molecule has 0 fully saturated rings. The molecule has 1 unspecified atom stereocenters. The van der Waals surface area contributed by atoms with Gasteiger partial charge >= 0.3 is 0 Å². The number of hydrogen-bond donors (Lipinski definition) is 2. The van der Waals surface area contributed by atoms with Crippen molar-refractivity contribution < 1.29 is 4.79 Å². The largest absolute Gasteiger partial charge is 0.367 e. The van der Waals surface area contributed by atoms with Crippen molar-refractivity contribution in [3.8, 4) is 0 Å². The van der Waals surface area contributed by atoms with E-state index in [-0.39, 0.29) is 0 Å². The third kappa shape index (κ3) is 2.82. The van der Waals surface area contributed by atoms with E-state index in [0.717, 1.165) is 5.69 Å². The molecule has 0 radical (unpaired) electrons. The summed E-state index contributed by atoms with van der Waals surface area (Å²) in [4.78, 5) is 19.9. The normalized spacial score (nSPS) is 13.6. The standard InChI is InChI=1S/C13H13ClN4O/c1-13(12(15)19,11-8-16-6-7-17-11)18-10-4-2-9(14)3-5-10/h2-8,18H,1H3,(H2,15,19). The van der Waals surface area contributed by atoms with Crippen molar-refractivity contribution in [2.24, 2.45) is 5.73 Å². The fraction of sp³-hybridized carbons (Fsp3) is 0.154. The number of amides is 1. The maximum Gasteiger partial charge on any atom is 0.249 e. The first-order chi connectivity index (χ1) is 9.02. The first-order valence-corrected chi connectivity index (χ1v) is 6.00. The number of nitrogens with two attached hydrogens (primary N) is 1. The zero-order valence-electron chi connectivity index (χ0n) is 10.3. The van der Waals surface area contributed by atoms with E-state index < -0.39 is 11.4 Å². The van der Waals surface area contributed by atoms with Crippen molar-refractivity contribution >= 4 is 23.2 Å². The van der Waals surface area contributed by atoms with Gasteiger partial charge in [0.05, 0.1) is 11.9 Å². The van der Waals surface area contributed by atoms with Crippen LogP contribution in [0.1, 0.15) is 12.6 Å². The molecule has 2 rings (SSSR count). The highest BCUT2D eigenvalue weighted by Gasteiger charge is 2.34. The van der Waals surface area contributed by atoms with Gasteiger partial charge in [-0.1, -0.05) is 11.6 Å². The van der Waals surface area contributed by atoms with Gasteiger partial charge in [-0.2, -0.15) is 0 Å². The van der Waals surface area contributed by atoms with Gasteiger partial charge in [0.25, 0.3) is 0 Å². The minimum absolute atomic E-state index is 0.456. The summed E-state index contributed by atoms with van der Waals surface area (Å²) in [7, 11) is 0. The number of nitrogens with one attached hydrogen (secondary N) is 1. The number of nitrogens with zero attached hydrogens (tertiary/aromatic N) is 2. The molecular weight excluding hydrogens is 264 g/mol. The Kier molecular flexibility index (Phi) is 3.66. The van der Waals surface area contributed by atoms with Gasteiger partial charge < -0.3 is 11.1 Å². The quantitative estimate of drug-likeness (QED) is 0.894. The van der Waals surface area contributed by atoms with Crippen LogP contribution in [0.2, 0.25) is 5.02 Å². The molecule has 1 atom stereocenters. The third-order valence-corrected chi connectivity index (χ3v) is 3.06. The molecule has 19 heavy (non-hydrogen) atoms. The van der Waals surface area contributed by atoms with Crippen molar-refractivity contribution in [1.82, 2.24) is 9.97 Å². The van der Waals surface area contributed by atoms with E-state index in [4.69, 9.17) is 17.3 Å². The number of anilines is 1. The minimum Gasteiger partial charge on any atom is -0.367 e. The molecule has 3 N–H and O–H groups in total. The van der Waals surface area contributed by atoms with Crippen molar-refractivity contribution in [3.63, 3.8) is 0 Å². The Bertz CT molecular complexity index is 573. The second-order valence-corrected chi connectivity index (χ2v) is 4.65. The van der Waals surface area contributed by atoms with Crippen LogP contribution in [-0.2, 0) is 10.3 Å². The Morgan fingerprint density at radius 1 is 1.32 bits per heavy atom. The summed E-state index contributed by atoms with van der Waals surface area (Å²) in [5.74, 6) is -0.539. The summed E-state index contributed by atoms with van der Waals surface area (Å²) < 4.78 is 0. The fourth-order valence-corrected chi connectivity index (χ4v) is 1.76. The van der Waals surface area contributed by atoms with Gasteiger partial charge in [0.2, 0.25) is 5.91 Å². The number of primary amides is 1. The zero-order chi connectivity index (χ0) is 13.9. The lowest BCUT2D eigenvalue weighted by atomic mass is 9.96. The van der Waals surface area contributed by atoms with Crippen molar-refractivity contribution in [1.29, 1.82) is 0 Å². The first kappa shape index (κ1) is 13.3. The molecular formula is C13H13ClN4O. The molecule has 2 aromatic rings. The van der Waals surface area contributed by atoms with E-state index in [1.807, 2.05) is 0 Å². The summed E-state index contributed by atoms with van der Waals surface area (Å²) in [6.45, 7) is 1.66. The second kappa shape index (κ2) is 5.24. The summed E-state index contributed by atoms with van der Waals surface area (Å²) >= 11 is 5.82. The smallest absolute Gasteiger partial charge is 0.249 e. The van der Waals surface area contributed by atoms with E-state index in [9.17, 15) is 4.79 Å². The van der Waals surface area contributed by atoms with Crippen LogP contribution in [0.4, 0.5) is 5.69 Å². The summed E-state index contributed by atoms with van der Waals surface area (Å²) in [5, 5.41) is 3.68. The van der Waals surface area contributed by atoms with Crippen LogP contribution in [-0.4, -0.2) is 15.9 Å². The van der Waals surface area contributed by atoms with Gasteiger partial charge in [-0.05, 0) is 31.2 Å². The maximum absolute atomic E-state index is 11.8. The van der Waals surface area contributed by atoms with E-state index in [2.05, 4.69) is 15.3 Å². The number of benzene rings is 1. The van der Waals surface area contributed by atoms with Gasteiger partial charge in [0.1, 0.15) is 0 Å². The average Bonchev–Trinajstić information content (AvgIpc) is 2.42. The monoisotopic (exact) mass is 276 g/mol. The highest BCUT2D eigenvalue weighted by atomic mass is 35.5. The number of halogens is 1. The topological polar surface area (TPSA) is 80.9 Å². The van der Waals surface area contributed by atoms with Crippen LogP contribution in [0.5, 0.6) is 0 Å². The lowest BCUT2D eigenvalue weighted by Gasteiger charge is -2.27. The number of hydrogen-bond acceptors (Lipinski definition) is 4. The maximum atomic E-state index is 11.8. The SMILES string of the molecule is CC(Nc1ccc(Cl)cc1)(C(N)=O)c1cnccn1. The molecule has 0 spiro atoms. The van der Waals surface area contributed by atoms with E-state index in [0.29, 0.717) is 10.7 Å². The third-order valence-electron chi connectivity index (χ3n) is 2.81. The molecule has 1 heterocycles. The highest BCUT2D eigenvalue weighted by molar-refractivity contribution is 6.30. The molecule has 0 saturated carbocycles. The average molecular weight is 277 g/mol. The molecule has 98 valence electrons. The Morgan fingerprint density at radius 3 is 2.53 bits per heavy atom. The zero-order valence-corrected chi connectivity index (χ0v) is 11.1. The molecule has 0 aliphatic carbocycles. The van der Waals surface area contributed by atoms with Crippen molar-refractivity contribution in [3.05, 3.63) is 53.6 Å². The molecule has 0 saturated heterocycles. The molecule has 0 aliphatic rings. The number of carbonyl (C=O) groups excluding carboxylic acids is 1. The predicted octanol–water partition coefficient (Wildman–Crippen LogP) is 1.94. The van der Waals surface area contributed by atoms with E-state index >= 15 is 0 Å². The lowest BCUT2D eigenvalue weighted by molar-refractivity contribution is -0.122. The Labute approximate surface area is 115 Å². The summed E-state index contributed by atoms with van der Waals surface area (Å²) in [6.07, 6.45) is 4.56. The van der Waals surface area contributed by atoms with Crippen LogP contribution >= 0.6 is 11.6 Å². The van der Waals surface area contributed by atoms with Gasteiger partial charge in [0.15, 0.2) is 5.54 Å². The minimum atomic E-state index is -1.14. The van der Waals surface area contributed by atoms with Crippen LogP contribution in [0.3, 0.4) is 0 Å². The van der Waals surface area contributed by atoms with Crippen LogP contribution in [0.25, 0.3) is 0 Å². The molecule has 0 bridgehead atoms. The Morgan fingerprint density at radius 2 is 2.00 bits per heavy atom. The van der Waals surface area contributed by atoms with E-state index in [1.165, 1.54) is 18.6 Å². The molecule has 6 heteroatoms. The highest BCUT2D eigenvalue weighted by Crippen LogP contribution is 2.24. The van der Waals surface area contributed by atoms with Crippen molar-refractivity contribution in [2.45, 2.75) is 12.5 Å². The summed E-state index contributed by atoms with van der Waals surface area (Å²) in [5.41, 5.74) is 5.52. The van der Waals surface area contributed by atoms with Gasteiger partial charge in [-0.15, -0.1) is 0 Å². The van der Waals surface area contributed by atoms with Crippen LogP contribution < -0.4 is 11.1 Å². The molecule has 0 aliphatic heterocycles. The molecule has 1 aromatic carbocycles. The van der Waals surface area contributed by atoms with Crippen LogP contribution in [0.15, 0.2) is 42.9 Å². The van der Waals surface area contributed by atoms with Crippen LogP contribution in [0, 0.1) is 0 Å². The number of aromatic nitrogens is 2. The molecule has 5 nitrogen and oxygen atoms in total. The lowest BCUT2D eigenvalue weighted by Crippen LogP contribution is -2.45. The van der Waals surface area contributed by atoms with Gasteiger partial charge in [-0.3, -0.25) is 14.8 Å².